The molecule has 2 heterocycles. The average molecular weight is 318 g/mol. The fourth-order valence-corrected chi connectivity index (χ4v) is 3.86. The summed E-state index contributed by atoms with van der Waals surface area (Å²) in [5.74, 6) is 0. The van der Waals surface area contributed by atoms with Gasteiger partial charge >= 0.3 is 0 Å². The molecule has 5 heteroatoms. The van der Waals surface area contributed by atoms with Crippen LogP contribution in [0.15, 0.2) is 15.9 Å². The molecule has 0 aliphatic carbocycles. The third kappa shape index (κ3) is 3.51. The van der Waals surface area contributed by atoms with Crippen molar-refractivity contribution in [2.75, 3.05) is 33.7 Å². The summed E-state index contributed by atoms with van der Waals surface area (Å²) in [6, 6.07) is 2.86. The molecule has 1 fully saturated rings. The molecule has 0 amide bonds. The molecule has 3 nitrogen and oxygen atoms in total. The van der Waals surface area contributed by atoms with E-state index in [4.69, 9.17) is 5.73 Å². The van der Waals surface area contributed by atoms with Crippen LogP contribution in [-0.4, -0.2) is 55.6 Å². The lowest BCUT2D eigenvalue weighted by Gasteiger charge is -2.40. The third-order valence-corrected chi connectivity index (χ3v) is 5.17. The second-order valence-corrected chi connectivity index (χ2v) is 6.82. The van der Waals surface area contributed by atoms with Gasteiger partial charge in [-0.25, -0.2) is 0 Å². The van der Waals surface area contributed by atoms with Gasteiger partial charge in [-0.15, -0.1) is 11.3 Å². The highest BCUT2D eigenvalue weighted by Gasteiger charge is 2.27. The van der Waals surface area contributed by atoms with Crippen LogP contribution in [0.5, 0.6) is 0 Å². The number of likely N-dealkylation sites (N-methyl/N-ethyl adjacent to an activating group) is 2. The van der Waals surface area contributed by atoms with Crippen molar-refractivity contribution in [3.8, 4) is 0 Å². The predicted molar refractivity (Wildman–Crippen MR) is 77.6 cm³/mol. The lowest BCUT2D eigenvalue weighted by atomic mass is 10.0. The maximum atomic E-state index is 6.37. The third-order valence-electron chi connectivity index (χ3n) is 3.45. The lowest BCUT2D eigenvalue weighted by Crippen LogP contribution is -2.58. The quantitative estimate of drug-likeness (QED) is 0.919. The van der Waals surface area contributed by atoms with Crippen molar-refractivity contribution in [1.29, 1.82) is 0 Å². The molecule has 1 aliphatic heterocycles. The summed E-state index contributed by atoms with van der Waals surface area (Å²) in [5.41, 5.74) is 6.37. The largest absolute Gasteiger partial charge is 0.326 e. The Balaban J connectivity index is 1.96. The van der Waals surface area contributed by atoms with Gasteiger partial charge in [-0.05, 0) is 42.5 Å². The lowest BCUT2D eigenvalue weighted by molar-refractivity contribution is 0.0975. The first-order valence-electron chi connectivity index (χ1n) is 5.93. The van der Waals surface area contributed by atoms with Crippen LogP contribution in [0.25, 0.3) is 0 Å². The highest BCUT2D eigenvalue weighted by Crippen LogP contribution is 2.22. The monoisotopic (exact) mass is 317 g/mol. The van der Waals surface area contributed by atoms with Gasteiger partial charge in [0.1, 0.15) is 0 Å². The molecule has 17 heavy (non-hydrogen) atoms. The Morgan fingerprint density at radius 1 is 1.53 bits per heavy atom. The molecule has 2 unspecified atom stereocenters. The number of halogens is 1. The topological polar surface area (TPSA) is 32.5 Å². The summed E-state index contributed by atoms with van der Waals surface area (Å²) in [6.45, 7) is 3.33. The zero-order chi connectivity index (χ0) is 12.4. The summed E-state index contributed by atoms with van der Waals surface area (Å²) in [7, 11) is 4.36. The normalized spacial score (nSPS) is 25.1. The molecule has 1 aromatic heterocycles. The van der Waals surface area contributed by atoms with Crippen LogP contribution in [0.3, 0.4) is 0 Å². The first-order valence-corrected chi connectivity index (χ1v) is 7.61. The Hall–Kier alpha value is 0.0600. The molecule has 0 saturated carbocycles. The van der Waals surface area contributed by atoms with Gasteiger partial charge in [0.05, 0.1) is 0 Å². The van der Waals surface area contributed by atoms with E-state index in [1.807, 2.05) is 0 Å². The number of nitrogens with two attached hydrogens (primary N) is 1. The Morgan fingerprint density at radius 2 is 2.29 bits per heavy atom. The maximum Gasteiger partial charge on any atom is 0.0375 e. The van der Waals surface area contributed by atoms with Crippen LogP contribution in [-0.2, 0) is 6.42 Å². The smallest absolute Gasteiger partial charge is 0.0375 e. The van der Waals surface area contributed by atoms with E-state index in [-0.39, 0.29) is 6.04 Å². The highest BCUT2D eigenvalue weighted by atomic mass is 79.9. The molecule has 1 aromatic rings. The number of hydrogen-bond donors (Lipinski definition) is 1. The summed E-state index contributed by atoms with van der Waals surface area (Å²) < 4.78 is 1.17. The van der Waals surface area contributed by atoms with E-state index in [1.54, 1.807) is 11.3 Å². The van der Waals surface area contributed by atoms with E-state index >= 15 is 0 Å². The number of hydrogen-bond acceptors (Lipinski definition) is 4. The molecule has 0 radical (unpaired) electrons. The zero-order valence-electron chi connectivity index (χ0n) is 10.4. The molecular weight excluding hydrogens is 298 g/mol. The molecular formula is C12H20BrN3S. The van der Waals surface area contributed by atoms with Crippen molar-refractivity contribution in [3.05, 3.63) is 20.8 Å². The first kappa shape index (κ1) is 13.5. The summed E-state index contributed by atoms with van der Waals surface area (Å²) >= 11 is 5.28. The molecule has 0 bridgehead atoms. The van der Waals surface area contributed by atoms with Gasteiger partial charge in [-0.3, -0.25) is 4.90 Å². The number of rotatable bonds is 3. The molecule has 1 saturated heterocycles. The van der Waals surface area contributed by atoms with E-state index in [9.17, 15) is 0 Å². The SMILES string of the molecule is CN1CCN(C)C(C(N)Cc2cc(Br)cs2)C1. The van der Waals surface area contributed by atoms with Crippen LogP contribution < -0.4 is 5.73 Å². The van der Waals surface area contributed by atoms with E-state index < -0.39 is 0 Å². The minimum atomic E-state index is 0.216. The van der Waals surface area contributed by atoms with Gasteiger partial charge < -0.3 is 10.6 Å². The number of piperazine rings is 1. The maximum absolute atomic E-state index is 6.37. The first-order chi connectivity index (χ1) is 8.06. The van der Waals surface area contributed by atoms with Crippen molar-refractivity contribution in [2.45, 2.75) is 18.5 Å². The van der Waals surface area contributed by atoms with E-state index in [1.165, 1.54) is 9.35 Å². The Bertz CT molecular complexity index is 368. The van der Waals surface area contributed by atoms with Crippen molar-refractivity contribution in [2.24, 2.45) is 5.73 Å². The Labute approximate surface area is 116 Å². The van der Waals surface area contributed by atoms with Crippen LogP contribution in [0.1, 0.15) is 4.88 Å². The molecule has 2 atom stereocenters. The minimum Gasteiger partial charge on any atom is -0.326 e. The van der Waals surface area contributed by atoms with Crippen LogP contribution in [0.4, 0.5) is 0 Å². The van der Waals surface area contributed by atoms with Gasteiger partial charge in [-0.1, -0.05) is 0 Å². The summed E-state index contributed by atoms with van der Waals surface area (Å²) in [6.07, 6.45) is 0.971. The van der Waals surface area contributed by atoms with Crippen molar-refractivity contribution in [3.63, 3.8) is 0 Å². The molecule has 2 N–H and O–H groups in total. The van der Waals surface area contributed by atoms with Gasteiger partial charge in [0, 0.05) is 46.4 Å². The van der Waals surface area contributed by atoms with E-state index in [2.05, 4.69) is 51.3 Å². The fraction of sp³-hybridized carbons (Fsp3) is 0.667. The zero-order valence-corrected chi connectivity index (χ0v) is 12.8. The second-order valence-electron chi connectivity index (χ2n) is 4.91. The molecule has 2 rings (SSSR count). The number of thiophene rings is 1. The van der Waals surface area contributed by atoms with Crippen molar-refractivity contribution in [1.82, 2.24) is 9.80 Å². The predicted octanol–water partition coefficient (Wildman–Crippen LogP) is 1.63. The van der Waals surface area contributed by atoms with E-state index in [0.717, 1.165) is 26.1 Å². The average Bonchev–Trinajstić information content (AvgIpc) is 2.67. The Morgan fingerprint density at radius 3 is 2.94 bits per heavy atom. The van der Waals surface area contributed by atoms with E-state index in [0.29, 0.717) is 6.04 Å². The standard InChI is InChI=1S/C12H20BrN3S/c1-15-3-4-16(2)12(7-15)11(14)6-10-5-9(13)8-17-10/h5,8,11-12H,3-4,6-7,14H2,1-2H3. The van der Waals surface area contributed by atoms with Gasteiger partial charge in [-0.2, -0.15) is 0 Å². The molecule has 96 valence electrons. The Kier molecular flexibility index (Phi) is 4.60. The van der Waals surface area contributed by atoms with Crippen LogP contribution >= 0.6 is 27.3 Å². The fourth-order valence-electron chi connectivity index (χ4n) is 2.34. The van der Waals surface area contributed by atoms with Crippen molar-refractivity contribution >= 4 is 27.3 Å². The molecule has 1 aliphatic rings. The molecule has 0 spiro atoms. The van der Waals surface area contributed by atoms with Gasteiger partial charge in [0.15, 0.2) is 0 Å². The van der Waals surface area contributed by atoms with Crippen LogP contribution in [0.2, 0.25) is 0 Å². The summed E-state index contributed by atoms with van der Waals surface area (Å²) in [4.78, 5) is 6.13. The molecule has 0 aromatic carbocycles. The summed E-state index contributed by atoms with van der Waals surface area (Å²) in [5, 5.41) is 2.12. The highest BCUT2D eigenvalue weighted by molar-refractivity contribution is 9.10. The number of nitrogens with zero attached hydrogens (tertiary/aromatic N) is 2. The van der Waals surface area contributed by atoms with Gasteiger partial charge in [0.25, 0.3) is 0 Å². The van der Waals surface area contributed by atoms with Crippen LogP contribution in [0, 0.1) is 0 Å². The van der Waals surface area contributed by atoms with Crippen molar-refractivity contribution < 1.29 is 0 Å². The minimum absolute atomic E-state index is 0.216. The van der Waals surface area contributed by atoms with Gasteiger partial charge in [0.2, 0.25) is 0 Å². The second kappa shape index (κ2) is 5.80.